The van der Waals surface area contributed by atoms with Crippen LogP contribution in [0.1, 0.15) is 17.1 Å². The lowest BCUT2D eigenvalue weighted by molar-refractivity contribution is 0.466. The van der Waals surface area contributed by atoms with Gasteiger partial charge in [0.1, 0.15) is 22.2 Å². The molecule has 2 aromatic heterocycles. The quantitative estimate of drug-likeness (QED) is 0.841. The molecule has 2 N–H and O–H groups in total. The summed E-state index contributed by atoms with van der Waals surface area (Å²) < 4.78 is 33.5. The van der Waals surface area contributed by atoms with Crippen LogP contribution in [0.5, 0.6) is 0 Å². The van der Waals surface area contributed by atoms with Gasteiger partial charge in [0.25, 0.3) is 10.0 Å². The van der Waals surface area contributed by atoms with E-state index >= 15 is 0 Å². The van der Waals surface area contributed by atoms with Crippen LogP contribution in [0.3, 0.4) is 0 Å². The second kappa shape index (κ2) is 6.17. The Labute approximate surface area is 132 Å². The zero-order chi connectivity index (χ0) is 15.6. The number of sulfonamides is 1. The summed E-state index contributed by atoms with van der Waals surface area (Å²) in [7, 11) is -1.96. The Hall–Kier alpha value is -1.38. The Morgan fingerprint density at radius 2 is 2.05 bits per heavy atom. The first kappa shape index (κ1) is 16.0. The Morgan fingerprint density at radius 1 is 1.33 bits per heavy atom. The van der Waals surface area contributed by atoms with Crippen molar-refractivity contribution in [2.75, 3.05) is 11.8 Å². The number of rotatable bonds is 5. The second-order valence-electron chi connectivity index (χ2n) is 4.59. The van der Waals surface area contributed by atoms with Gasteiger partial charge < -0.3 is 9.73 Å². The third-order valence-electron chi connectivity index (χ3n) is 2.85. The number of halogens is 1. The number of anilines is 1. The number of aromatic nitrogens is 1. The van der Waals surface area contributed by atoms with Gasteiger partial charge in [0, 0.05) is 16.7 Å². The fraction of sp³-hybridized carbons (Fsp3) is 0.308. The lowest BCUT2D eigenvalue weighted by Gasteiger charge is -2.07. The van der Waals surface area contributed by atoms with E-state index in [1.165, 1.54) is 6.07 Å². The van der Waals surface area contributed by atoms with Gasteiger partial charge in [-0.05, 0) is 48.5 Å². The van der Waals surface area contributed by atoms with Gasteiger partial charge in [0.2, 0.25) is 0 Å². The normalized spacial score (nSPS) is 11.6. The molecule has 21 heavy (non-hydrogen) atoms. The topological polar surface area (TPSA) is 84.2 Å². The summed E-state index contributed by atoms with van der Waals surface area (Å²) in [4.78, 5) is 4.16. The van der Waals surface area contributed by atoms with Gasteiger partial charge in [-0.15, -0.1) is 0 Å². The van der Waals surface area contributed by atoms with E-state index in [1.807, 2.05) is 6.92 Å². The Kier molecular flexibility index (Phi) is 4.70. The fourth-order valence-corrected chi connectivity index (χ4v) is 3.26. The molecule has 0 aliphatic rings. The third kappa shape index (κ3) is 3.63. The first-order chi connectivity index (χ1) is 9.83. The summed E-state index contributed by atoms with van der Waals surface area (Å²) in [6.45, 7) is 3.94. The molecular weight excluding hydrogens is 358 g/mol. The lowest BCUT2D eigenvalue weighted by atomic mass is 10.3. The van der Waals surface area contributed by atoms with Crippen LogP contribution in [-0.2, 0) is 16.6 Å². The largest absolute Gasteiger partial charge is 0.464 e. The molecule has 2 heterocycles. The molecule has 0 atom stereocenters. The van der Waals surface area contributed by atoms with Crippen LogP contribution in [-0.4, -0.2) is 20.4 Å². The predicted molar refractivity (Wildman–Crippen MR) is 83.7 cm³/mol. The molecule has 2 rings (SSSR count). The van der Waals surface area contributed by atoms with Crippen molar-refractivity contribution in [3.63, 3.8) is 0 Å². The van der Waals surface area contributed by atoms with Gasteiger partial charge in [0.15, 0.2) is 0 Å². The minimum atomic E-state index is -3.72. The Balaban J connectivity index is 2.31. The summed E-state index contributed by atoms with van der Waals surface area (Å²) >= 11 is 3.32. The maximum atomic E-state index is 12.4. The first-order valence-corrected chi connectivity index (χ1v) is 8.50. The number of nitrogens with one attached hydrogen (secondary N) is 2. The molecule has 0 aromatic carbocycles. The number of hydrogen-bond donors (Lipinski definition) is 2. The summed E-state index contributed by atoms with van der Waals surface area (Å²) in [6, 6.07) is 3.17. The van der Waals surface area contributed by atoms with Crippen molar-refractivity contribution in [1.29, 1.82) is 0 Å². The third-order valence-corrected chi connectivity index (χ3v) is 5.14. The number of aryl methyl sites for hydroxylation is 2. The molecule has 2 aromatic rings. The summed E-state index contributed by atoms with van der Waals surface area (Å²) in [5.74, 6) is 1.18. The average Bonchev–Trinajstić information content (AvgIpc) is 2.76. The molecule has 0 radical (unpaired) electrons. The Morgan fingerprint density at radius 3 is 2.67 bits per heavy atom. The van der Waals surface area contributed by atoms with E-state index in [1.54, 1.807) is 26.2 Å². The maximum absolute atomic E-state index is 12.4. The van der Waals surface area contributed by atoms with E-state index in [2.05, 4.69) is 31.0 Å². The van der Waals surface area contributed by atoms with E-state index in [4.69, 9.17) is 4.42 Å². The lowest BCUT2D eigenvalue weighted by Crippen LogP contribution is -2.14. The predicted octanol–water partition coefficient (Wildman–Crippen LogP) is 2.57. The van der Waals surface area contributed by atoms with E-state index in [9.17, 15) is 8.42 Å². The van der Waals surface area contributed by atoms with E-state index in [-0.39, 0.29) is 10.7 Å². The Bertz CT molecular complexity index is 756. The molecule has 0 bridgehead atoms. The molecule has 0 saturated carbocycles. The molecule has 6 nitrogen and oxygen atoms in total. The molecule has 0 aliphatic carbocycles. The number of nitrogens with zero attached hydrogens (tertiary/aromatic N) is 1. The molecule has 0 aliphatic heterocycles. The molecule has 0 spiro atoms. The van der Waals surface area contributed by atoms with Gasteiger partial charge in [-0.3, -0.25) is 4.72 Å². The highest BCUT2D eigenvalue weighted by molar-refractivity contribution is 9.10. The van der Waals surface area contributed by atoms with Crippen LogP contribution >= 0.6 is 15.9 Å². The van der Waals surface area contributed by atoms with Gasteiger partial charge in [0.05, 0.1) is 6.54 Å². The highest BCUT2D eigenvalue weighted by Gasteiger charge is 2.22. The van der Waals surface area contributed by atoms with Crippen LogP contribution in [0, 0.1) is 13.8 Å². The van der Waals surface area contributed by atoms with Crippen molar-refractivity contribution in [3.8, 4) is 0 Å². The van der Waals surface area contributed by atoms with Crippen molar-refractivity contribution in [2.24, 2.45) is 0 Å². The van der Waals surface area contributed by atoms with E-state index in [0.29, 0.717) is 18.1 Å². The zero-order valence-electron chi connectivity index (χ0n) is 11.9. The van der Waals surface area contributed by atoms with Crippen LogP contribution < -0.4 is 10.0 Å². The van der Waals surface area contributed by atoms with Crippen LogP contribution in [0.25, 0.3) is 0 Å². The second-order valence-corrected chi connectivity index (χ2v) is 7.09. The minimum absolute atomic E-state index is 0.120. The van der Waals surface area contributed by atoms with Crippen molar-refractivity contribution < 1.29 is 12.8 Å². The van der Waals surface area contributed by atoms with E-state index < -0.39 is 10.0 Å². The van der Waals surface area contributed by atoms with Crippen molar-refractivity contribution >= 4 is 31.8 Å². The molecule has 0 saturated heterocycles. The minimum Gasteiger partial charge on any atom is -0.464 e. The van der Waals surface area contributed by atoms with Crippen LogP contribution in [0.15, 0.2) is 32.1 Å². The number of hydrogen-bond acceptors (Lipinski definition) is 5. The van der Waals surface area contributed by atoms with Gasteiger partial charge in [-0.25, -0.2) is 13.4 Å². The van der Waals surface area contributed by atoms with Crippen LogP contribution in [0.2, 0.25) is 0 Å². The highest BCUT2D eigenvalue weighted by atomic mass is 79.9. The average molecular weight is 374 g/mol. The smallest absolute Gasteiger partial charge is 0.266 e. The van der Waals surface area contributed by atoms with E-state index in [0.717, 1.165) is 10.0 Å². The molecule has 0 unspecified atom stereocenters. The van der Waals surface area contributed by atoms with Crippen molar-refractivity contribution in [3.05, 3.63) is 39.9 Å². The molecule has 0 amide bonds. The molecule has 8 heteroatoms. The summed E-state index contributed by atoms with van der Waals surface area (Å²) in [6.07, 6.45) is 1.56. The van der Waals surface area contributed by atoms with Gasteiger partial charge >= 0.3 is 0 Å². The van der Waals surface area contributed by atoms with Crippen molar-refractivity contribution in [1.82, 2.24) is 10.3 Å². The van der Waals surface area contributed by atoms with Gasteiger partial charge in [-0.2, -0.15) is 0 Å². The zero-order valence-corrected chi connectivity index (χ0v) is 14.3. The highest BCUT2D eigenvalue weighted by Crippen LogP contribution is 2.24. The summed E-state index contributed by atoms with van der Waals surface area (Å²) in [5.41, 5.74) is 0.891. The van der Waals surface area contributed by atoms with Crippen LogP contribution in [0.4, 0.5) is 5.82 Å². The fourth-order valence-electron chi connectivity index (χ4n) is 1.84. The van der Waals surface area contributed by atoms with Gasteiger partial charge in [-0.1, -0.05) is 0 Å². The maximum Gasteiger partial charge on any atom is 0.266 e. The van der Waals surface area contributed by atoms with Crippen molar-refractivity contribution in [2.45, 2.75) is 25.3 Å². The number of pyridine rings is 1. The number of furan rings is 1. The monoisotopic (exact) mass is 373 g/mol. The molecular formula is C13H16BrN3O3S. The molecule has 114 valence electrons. The standard InChI is InChI=1S/C13H16BrN3O3S/c1-8-4-13(16-7-11(8)14)17-21(18,19)12-5-10(6-15-3)20-9(12)2/h4-5,7,15H,6H2,1-3H3,(H,16,17). The molecule has 0 fully saturated rings. The first-order valence-electron chi connectivity index (χ1n) is 6.22. The summed E-state index contributed by atoms with van der Waals surface area (Å²) in [5, 5.41) is 2.91. The SMILES string of the molecule is CNCc1cc(S(=O)(=O)Nc2cc(C)c(Br)cn2)c(C)o1.